The normalized spacial score (nSPS) is 10.4. The van der Waals surface area contributed by atoms with E-state index in [4.69, 9.17) is 9.47 Å². The summed E-state index contributed by atoms with van der Waals surface area (Å²) in [6.07, 6.45) is 0.662. The highest BCUT2D eigenvalue weighted by molar-refractivity contribution is 7.13. The third-order valence-corrected chi connectivity index (χ3v) is 4.46. The Bertz CT molecular complexity index is 648. The van der Waals surface area contributed by atoms with Crippen molar-refractivity contribution >= 4 is 17.2 Å². The lowest BCUT2D eigenvalue weighted by Crippen LogP contribution is -2.25. The van der Waals surface area contributed by atoms with Gasteiger partial charge in [0.15, 0.2) is 5.01 Å². The monoisotopic (exact) mass is 320 g/mol. The summed E-state index contributed by atoms with van der Waals surface area (Å²) in [6, 6.07) is 5.63. The van der Waals surface area contributed by atoms with E-state index in [-0.39, 0.29) is 5.91 Å². The van der Waals surface area contributed by atoms with Crippen molar-refractivity contribution in [3.05, 3.63) is 39.3 Å². The minimum absolute atomic E-state index is 0.136. The minimum atomic E-state index is -0.136. The van der Waals surface area contributed by atoms with Crippen LogP contribution < -0.4 is 14.8 Å². The number of aryl methyl sites for hydroxylation is 2. The maximum atomic E-state index is 12.1. The van der Waals surface area contributed by atoms with Crippen LogP contribution in [0.5, 0.6) is 11.5 Å². The van der Waals surface area contributed by atoms with Crippen LogP contribution in [-0.2, 0) is 6.42 Å². The van der Waals surface area contributed by atoms with Crippen molar-refractivity contribution < 1.29 is 14.3 Å². The molecule has 1 aromatic heterocycles. The van der Waals surface area contributed by atoms with Gasteiger partial charge in [-0.2, -0.15) is 0 Å². The molecule has 0 radical (unpaired) electrons. The highest BCUT2D eigenvalue weighted by Gasteiger charge is 2.12. The number of ether oxygens (including phenoxy) is 2. The van der Waals surface area contributed by atoms with E-state index in [1.165, 1.54) is 11.3 Å². The Morgan fingerprint density at radius 2 is 2.05 bits per heavy atom. The molecular weight excluding hydrogens is 300 g/mol. The molecule has 0 aliphatic heterocycles. The van der Waals surface area contributed by atoms with Crippen LogP contribution in [0.15, 0.2) is 18.2 Å². The maximum absolute atomic E-state index is 12.1. The molecule has 0 spiro atoms. The van der Waals surface area contributed by atoms with Gasteiger partial charge in [0.1, 0.15) is 11.5 Å². The van der Waals surface area contributed by atoms with Crippen LogP contribution in [0, 0.1) is 13.8 Å². The first-order valence-corrected chi connectivity index (χ1v) is 7.80. The number of hydrogen-bond donors (Lipinski definition) is 1. The molecule has 2 aromatic rings. The molecule has 6 heteroatoms. The van der Waals surface area contributed by atoms with Gasteiger partial charge < -0.3 is 14.8 Å². The molecule has 1 N–H and O–H groups in total. The number of amides is 1. The molecule has 1 aromatic carbocycles. The molecule has 1 amide bonds. The van der Waals surface area contributed by atoms with E-state index in [0.29, 0.717) is 18.0 Å². The fraction of sp³-hybridized carbons (Fsp3) is 0.375. The molecule has 0 atom stereocenters. The number of nitrogens with one attached hydrogen (secondary N) is 1. The van der Waals surface area contributed by atoms with Gasteiger partial charge in [0.2, 0.25) is 0 Å². The maximum Gasteiger partial charge on any atom is 0.280 e. The third kappa shape index (κ3) is 3.76. The van der Waals surface area contributed by atoms with Gasteiger partial charge in [0.25, 0.3) is 5.91 Å². The molecule has 0 fully saturated rings. The predicted octanol–water partition coefficient (Wildman–Crippen LogP) is 2.75. The molecule has 2 rings (SSSR count). The number of rotatable bonds is 6. The molecule has 0 aliphatic carbocycles. The molecule has 22 heavy (non-hydrogen) atoms. The predicted molar refractivity (Wildman–Crippen MR) is 87.2 cm³/mol. The SMILES string of the molecule is COc1ccc(OC)c(CCNC(=O)c2nc(C)c(C)s2)c1. The number of benzene rings is 1. The zero-order valence-corrected chi connectivity index (χ0v) is 14.0. The number of aromatic nitrogens is 1. The molecule has 0 saturated carbocycles. The Hall–Kier alpha value is -2.08. The summed E-state index contributed by atoms with van der Waals surface area (Å²) in [4.78, 5) is 17.4. The molecular formula is C16H20N2O3S. The van der Waals surface area contributed by atoms with Gasteiger partial charge in [-0.25, -0.2) is 4.98 Å². The first-order chi connectivity index (χ1) is 10.5. The summed E-state index contributed by atoms with van der Waals surface area (Å²) in [5, 5.41) is 3.40. The molecule has 0 aliphatic rings. The van der Waals surface area contributed by atoms with E-state index in [2.05, 4.69) is 10.3 Å². The van der Waals surface area contributed by atoms with Crippen LogP contribution in [0.25, 0.3) is 0 Å². The van der Waals surface area contributed by atoms with Crippen LogP contribution in [0.1, 0.15) is 25.9 Å². The standard InChI is InChI=1S/C16H20N2O3S/c1-10-11(2)22-16(18-10)15(19)17-8-7-12-9-13(20-3)5-6-14(12)21-4/h5-6,9H,7-8H2,1-4H3,(H,17,19). The van der Waals surface area contributed by atoms with Crippen molar-refractivity contribution in [3.63, 3.8) is 0 Å². The van der Waals surface area contributed by atoms with E-state index in [0.717, 1.165) is 27.6 Å². The summed E-state index contributed by atoms with van der Waals surface area (Å²) >= 11 is 1.41. The van der Waals surface area contributed by atoms with Crippen LogP contribution in [0.4, 0.5) is 0 Å². The molecule has 5 nitrogen and oxygen atoms in total. The number of hydrogen-bond acceptors (Lipinski definition) is 5. The van der Waals surface area contributed by atoms with Crippen molar-refractivity contribution in [1.82, 2.24) is 10.3 Å². The Morgan fingerprint density at radius 1 is 1.27 bits per heavy atom. The second-order valence-electron chi connectivity index (χ2n) is 4.84. The average molecular weight is 320 g/mol. The lowest BCUT2D eigenvalue weighted by molar-refractivity contribution is 0.0953. The lowest BCUT2D eigenvalue weighted by atomic mass is 10.1. The summed E-state index contributed by atoms with van der Waals surface area (Å²) in [5.74, 6) is 1.42. The summed E-state index contributed by atoms with van der Waals surface area (Å²) in [7, 11) is 3.26. The Labute approximate surface area is 134 Å². The highest BCUT2D eigenvalue weighted by Crippen LogP contribution is 2.24. The first-order valence-electron chi connectivity index (χ1n) is 6.98. The summed E-state index contributed by atoms with van der Waals surface area (Å²) in [6.45, 7) is 4.38. The number of nitrogens with zero attached hydrogens (tertiary/aromatic N) is 1. The zero-order valence-electron chi connectivity index (χ0n) is 13.2. The smallest absolute Gasteiger partial charge is 0.280 e. The Balaban J connectivity index is 1.97. The third-order valence-electron chi connectivity index (χ3n) is 3.39. The van der Waals surface area contributed by atoms with Gasteiger partial charge in [-0.15, -0.1) is 11.3 Å². The van der Waals surface area contributed by atoms with Gasteiger partial charge in [-0.3, -0.25) is 4.79 Å². The van der Waals surface area contributed by atoms with Crippen molar-refractivity contribution in [3.8, 4) is 11.5 Å². The average Bonchev–Trinajstić information content (AvgIpc) is 2.86. The quantitative estimate of drug-likeness (QED) is 0.889. The number of carbonyl (C=O) groups excluding carboxylic acids is 1. The number of methoxy groups -OCH3 is 2. The topological polar surface area (TPSA) is 60.5 Å². The summed E-state index contributed by atoms with van der Waals surface area (Å²) in [5.41, 5.74) is 1.90. The van der Waals surface area contributed by atoms with Gasteiger partial charge >= 0.3 is 0 Å². The largest absolute Gasteiger partial charge is 0.497 e. The van der Waals surface area contributed by atoms with Crippen LogP contribution in [0.3, 0.4) is 0 Å². The van der Waals surface area contributed by atoms with Gasteiger partial charge in [-0.1, -0.05) is 0 Å². The zero-order chi connectivity index (χ0) is 16.1. The van der Waals surface area contributed by atoms with Crippen molar-refractivity contribution in [2.45, 2.75) is 20.3 Å². The van der Waals surface area contributed by atoms with E-state index < -0.39 is 0 Å². The fourth-order valence-electron chi connectivity index (χ4n) is 2.03. The first kappa shape index (κ1) is 16.3. The minimum Gasteiger partial charge on any atom is -0.497 e. The number of thiazole rings is 1. The van der Waals surface area contributed by atoms with E-state index in [1.807, 2.05) is 32.0 Å². The number of carbonyl (C=O) groups is 1. The second kappa shape index (κ2) is 7.26. The van der Waals surface area contributed by atoms with Crippen LogP contribution >= 0.6 is 11.3 Å². The second-order valence-corrected chi connectivity index (χ2v) is 6.05. The van der Waals surface area contributed by atoms with Crippen molar-refractivity contribution in [2.75, 3.05) is 20.8 Å². The molecule has 0 bridgehead atoms. The molecule has 0 saturated heterocycles. The van der Waals surface area contributed by atoms with Crippen LogP contribution in [0.2, 0.25) is 0 Å². The Morgan fingerprint density at radius 3 is 2.64 bits per heavy atom. The highest BCUT2D eigenvalue weighted by atomic mass is 32.1. The lowest BCUT2D eigenvalue weighted by Gasteiger charge is -2.10. The molecule has 1 heterocycles. The van der Waals surface area contributed by atoms with Gasteiger partial charge in [0.05, 0.1) is 19.9 Å². The van der Waals surface area contributed by atoms with E-state index in [9.17, 15) is 4.79 Å². The Kier molecular flexibility index (Phi) is 5.38. The van der Waals surface area contributed by atoms with Crippen molar-refractivity contribution in [2.24, 2.45) is 0 Å². The molecule has 0 unspecified atom stereocenters. The van der Waals surface area contributed by atoms with Gasteiger partial charge in [0, 0.05) is 11.4 Å². The molecule has 118 valence electrons. The van der Waals surface area contributed by atoms with E-state index >= 15 is 0 Å². The van der Waals surface area contributed by atoms with Crippen LogP contribution in [-0.4, -0.2) is 31.7 Å². The summed E-state index contributed by atoms with van der Waals surface area (Å²) < 4.78 is 10.5. The van der Waals surface area contributed by atoms with Gasteiger partial charge in [-0.05, 0) is 44.0 Å². The fourth-order valence-corrected chi connectivity index (χ4v) is 2.86. The van der Waals surface area contributed by atoms with E-state index in [1.54, 1.807) is 14.2 Å². The van der Waals surface area contributed by atoms with Crippen molar-refractivity contribution in [1.29, 1.82) is 0 Å².